The SMILES string of the molecule is CC(C)(C)c1cc(=O)nc2c3[c-]cnc(-c4ccccc4)c3ccn12.[Ir].[c-]1ccccc1-c1cc(-c2ccccc2)ccn1. The van der Waals surface area contributed by atoms with Crippen molar-refractivity contribution in [3.63, 3.8) is 0 Å². The van der Waals surface area contributed by atoms with Crippen LogP contribution in [0.3, 0.4) is 0 Å². The van der Waals surface area contributed by atoms with Gasteiger partial charge in [0.1, 0.15) is 0 Å². The predicted molar refractivity (Wildman–Crippen MR) is 174 cm³/mol. The molecule has 0 saturated carbocycles. The van der Waals surface area contributed by atoms with Crippen molar-refractivity contribution in [1.29, 1.82) is 0 Å². The molecule has 1 radical (unpaired) electrons. The Labute approximate surface area is 270 Å². The maximum atomic E-state index is 12.2. The molecule has 219 valence electrons. The number of rotatable bonds is 3. The molecule has 0 aliphatic rings. The number of hydrogen-bond donors (Lipinski definition) is 0. The van der Waals surface area contributed by atoms with Crippen molar-refractivity contribution < 1.29 is 20.1 Å². The minimum atomic E-state index is -0.233. The maximum absolute atomic E-state index is 12.2. The zero-order chi connectivity index (χ0) is 29.8. The summed E-state index contributed by atoms with van der Waals surface area (Å²) < 4.78 is 1.98. The molecule has 7 aromatic rings. The van der Waals surface area contributed by atoms with E-state index in [1.807, 2.05) is 102 Å². The summed E-state index contributed by atoms with van der Waals surface area (Å²) in [4.78, 5) is 25.4. The molecule has 0 aliphatic carbocycles. The molecule has 0 N–H and O–H groups in total. The van der Waals surface area contributed by atoms with Crippen LogP contribution in [0.4, 0.5) is 0 Å². The molecule has 44 heavy (non-hydrogen) atoms. The first-order valence-corrected chi connectivity index (χ1v) is 14.2. The molecule has 5 nitrogen and oxygen atoms in total. The standard InChI is InChI=1S/C21H18N3O.C17H12N.Ir/c1-21(2,3)17-13-18(25)23-20-16-9-11-22-19(14-7-5-4-6-8-14)15(16)10-12-24(17)20;1-3-7-14(8-4-1)16-11-12-18-17(13-16)15-9-5-2-6-10-15;/h4-8,10-13H,1-3H3;1-9,11-13H;/q2*-1;. The van der Waals surface area contributed by atoms with Crippen molar-refractivity contribution in [3.05, 3.63) is 156 Å². The molecule has 0 unspecified atom stereocenters. The number of hydrogen-bond acceptors (Lipinski definition) is 4. The molecule has 0 bridgehead atoms. The van der Waals surface area contributed by atoms with Crippen molar-refractivity contribution in [1.82, 2.24) is 19.4 Å². The molecule has 0 aliphatic heterocycles. The van der Waals surface area contributed by atoms with E-state index in [-0.39, 0.29) is 31.1 Å². The van der Waals surface area contributed by atoms with E-state index in [0.29, 0.717) is 5.65 Å². The van der Waals surface area contributed by atoms with E-state index in [1.165, 1.54) is 11.1 Å². The predicted octanol–water partition coefficient (Wildman–Crippen LogP) is 8.22. The molecule has 4 heterocycles. The summed E-state index contributed by atoms with van der Waals surface area (Å²) in [5.41, 5.74) is 7.40. The zero-order valence-electron chi connectivity index (χ0n) is 24.7. The Morgan fingerprint density at radius 2 is 1.43 bits per heavy atom. The second-order valence-corrected chi connectivity index (χ2v) is 11.2. The summed E-state index contributed by atoms with van der Waals surface area (Å²) in [6, 6.07) is 42.4. The molecule has 0 amide bonds. The fraction of sp³-hybridized carbons (Fsp3) is 0.105. The second kappa shape index (κ2) is 13.3. The quantitative estimate of drug-likeness (QED) is 0.135. The van der Waals surface area contributed by atoms with E-state index in [0.717, 1.165) is 39.0 Å². The molecule has 3 aromatic carbocycles. The van der Waals surface area contributed by atoms with Gasteiger partial charge in [-0.3, -0.25) is 14.8 Å². The van der Waals surface area contributed by atoms with Crippen LogP contribution in [0, 0.1) is 12.1 Å². The summed E-state index contributed by atoms with van der Waals surface area (Å²) in [7, 11) is 0. The summed E-state index contributed by atoms with van der Waals surface area (Å²) in [6.45, 7) is 6.26. The van der Waals surface area contributed by atoms with Gasteiger partial charge in [0.15, 0.2) is 0 Å². The van der Waals surface area contributed by atoms with Crippen molar-refractivity contribution in [2.75, 3.05) is 0 Å². The van der Waals surface area contributed by atoms with Crippen LogP contribution in [0.5, 0.6) is 0 Å². The first kappa shape index (κ1) is 30.7. The summed E-state index contributed by atoms with van der Waals surface area (Å²) in [5, 5.41) is 1.74. The van der Waals surface area contributed by atoms with Gasteiger partial charge in [0.2, 0.25) is 0 Å². The topological polar surface area (TPSA) is 60.2 Å². The van der Waals surface area contributed by atoms with Gasteiger partial charge in [-0.2, -0.15) is 6.07 Å². The Morgan fingerprint density at radius 3 is 2.11 bits per heavy atom. The fourth-order valence-corrected chi connectivity index (χ4v) is 5.09. The van der Waals surface area contributed by atoms with Crippen LogP contribution in [0.15, 0.2) is 133 Å². The van der Waals surface area contributed by atoms with Gasteiger partial charge in [0.05, 0.1) is 0 Å². The first-order valence-electron chi connectivity index (χ1n) is 14.2. The molecule has 0 spiro atoms. The fourth-order valence-electron chi connectivity index (χ4n) is 5.09. The molecule has 6 heteroatoms. The van der Waals surface area contributed by atoms with Crippen LogP contribution < -0.4 is 5.56 Å². The number of aromatic nitrogens is 4. The van der Waals surface area contributed by atoms with E-state index < -0.39 is 0 Å². The van der Waals surface area contributed by atoms with Crippen molar-refractivity contribution in [2.24, 2.45) is 0 Å². The number of benzene rings is 3. The Hall–Kier alpha value is -4.77. The van der Waals surface area contributed by atoms with Crippen LogP contribution in [0.1, 0.15) is 26.5 Å². The van der Waals surface area contributed by atoms with Crippen molar-refractivity contribution >= 4 is 16.4 Å². The van der Waals surface area contributed by atoms with Gasteiger partial charge >= 0.3 is 0 Å². The Morgan fingerprint density at radius 1 is 0.727 bits per heavy atom. The average Bonchev–Trinajstić information content (AvgIpc) is 3.05. The molecule has 0 atom stereocenters. The summed E-state index contributed by atoms with van der Waals surface area (Å²) >= 11 is 0. The van der Waals surface area contributed by atoms with E-state index in [4.69, 9.17) is 0 Å². The molecule has 0 fully saturated rings. The molecular weight excluding hydrogens is 721 g/mol. The van der Waals surface area contributed by atoms with Crippen LogP contribution >= 0.6 is 0 Å². The third kappa shape index (κ3) is 6.57. The molecule has 0 saturated heterocycles. The monoisotopic (exact) mass is 751 g/mol. The number of pyridine rings is 3. The van der Waals surface area contributed by atoms with E-state index in [1.54, 1.807) is 12.3 Å². The molecule has 4 aromatic heterocycles. The minimum absolute atomic E-state index is 0. The largest absolute Gasteiger partial charge is 0.359 e. The van der Waals surface area contributed by atoms with Gasteiger partial charge in [-0.1, -0.05) is 99.0 Å². The summed E-state index contributed by atoms with van der Waals surface area (Å²) in [5.74, 6) is 0. The molecular formula is C38H30IrN4O-2. The summed E-state index contributed by atoms with van der Waals surface area (Å²) in [6.07, 6.45) is 5.46. The van der Waals surface area contributed by atoms with E-state index >= 15 is 0 Å². The Kier molecular flexibility index (Phi) is 9.24. The normalized spacial score (nSPS) is 11.0. The Balaban J connectivity index is 0.000000179. The number of fused-ring (bicyclic) bond motifs is 3. The van der Waals surface area contributed by atoms with Gasteiger partial charge in [-0.05, 0) is 40.8 Å². The maximum Gasteiger partial charge on any atom is 0.261 e. The second-order valence-electron chi connectivity index (χ2n) is 11.2. The van der Waals surface area contributed by atoms with Gasteiger partial charge in [0.25, 0.3) is 5.56 Å². The first-order chi connectivity index (χ1) is 20.9. The van der Waals surface area contributed by atoms with E-state index in [9.17, 15) is 4.79 Å². The third-order valence-corrected chi connectivity index (χ3v) is 7.17. The van der Waals surface area contributed by atoms with Crippen molar-refractivity contribution in [3.8, 4) is 33.6 Å². The van der Waals surface area contributed by atoms with Crippen LogP contribution in [0.25, 0.3) is 50.1 Å². The molecule has 7 rings (SSSR count). The van der Waals surface area contributed by atoms with Crippen LogP contribution in [-0.4, -0.2) is 19.4 Å². The van der Waals surface area contributed by atoms with Crippen molar-refractivity contribution in [2.45, 2.75) is 26.2 Å². The smallest absolute Gasteiger partial charge is 0.261 e. The zero-order valence-corrected chi connectivity index (χ0v) is 27.0. The van der Waals surface area contributed by atoms with Gasteiger partial charge in [0, 0.05) is 54.8 Å². The van der Waals surface area contributed by atoms with Gasteiger partial charge < -0.3 is 9.38 Å². The number of nitrogens with zero attached hydrogens (tertiary/aromatic N) is 4. The minimum Gasteiger partial charge on any atom is -0.359 e. The van der Waals surface area contributed by atoms with E-state index in [2.05, 4.69) is 66.1 Å². The third-order valence-electron chi connectivity index (χ3n) is 7.17. The van der Waals surface area contributed by atoms with Crippen LogP contribution in [0.2, 0.25) is 0 Å². The van der Waals surface area contributed by atoms with Gasteiger partial charge in [-0.15, -0.1) is 41.3 Å². The van der Waals surface area contributed by atoms with Crippen LogP contribution in [-0.2, 0) is 25.5 Å². The Bertz CT molecular complexity index is 2020. The van der Waals surface area contributed by atoms with Gasteiger partial charge in [-0.25, -0.2) is 0 Å². The average molecular weight is 751 g/mol.